The average Bonchev–Trinajstić information content (AvgIpc) is 3.11. The number of benzene rings is 1. The van der Waals surface area contributed by atoms with Crippen molar-refractivity contribution in [3.63, 3.8) is 0 Å². The third-order valence-electron chi connectivity index (χ3n) is 3.38. The molecule has 128 valence electrons. The number of amides is 2. The van der Waals surface area contributed by atoms with E-state index in [4.69, 9.17) is 26.3 Å². The smallest absolute Gasteiger partial charge is 0.325 e. The van der Waals surface area contributed by atoms with Gasteiger partial charge in [-0.2, -0.15) is 5.26 Å². The summed E-state index contributed by atoms with van der Waals surface area (Å²) >= 11 is 6.01. The summed E-state index contributed by atoms with van der Waals surface area (Å²) in [6.45, 7) is 1.16. The van der Waals surface area contributed by atoms with Gasteiger partial charge in [0.05, 0.1) is 31.3 Å². The number of carbonyl (C=O) groups excluding carboxylic acids is 1. The first-order chi connectivity index (χ1) is 12.1. The summed E-state index contributed by atoms with van der Waals surface area (Å²) in [6.07, 6.45) is 3.29. The van der Waals surface area contributed by atoms with E-state index in [1.807, 2.05) is 6.07 Å². The Bertz CT molecular complexity index is 800. The van der Waals surface area contributed by atoms with Gasteiger partial charge in [0.2, 0.25) is 0 Å². The second-order valence-electron chi connectivity index (χ2n) is 5.22. The first-order valence-corrected chi connectivity index (χ1v) is 7.86. The van der Waals surface area contributed by atoms with E-state index in [1.54, 1.807) is 18.2 Å². The van der Waals surface area contributed by atoms with E-state index < -0.39 is 6.03 Å². The van der Waals surface area contributed by atoms with Crippen molar-refractivity contribution in [2.45, 2.75) is 12.5 Å². The summed E-state index contributed by atoms with van der Waals surface area (Å²) < 4.78 is 11.1. The molecule has 1 aromatic heterocycles. The second-order valence-corrected chi connectivity index (χ2v) is 5.66. The quantitative estimate of drug-likeness (QED) is 0.868. The highest BCUT2D eigenvalue weighted by molar-refractivity contribution is 6.31. The molecule has 2 heterocycles. The van der Waals surface area contributed by atoms with Crippen LogP contribution in [0.1, 0.15) is 12.1 Å². The van der Waals surface area contributed by atoms with Crippen molar-refractivity contribution in [3.8, 4) is 11.8 Å². The zero-order valence-corrected chi connectivity index (χ0v) is 13.8. The predicted octanol–water partition coefficient (Wildman–Crippen LogP) is 2.81. The molecule has 3 rings (SSSR count). The van der Waals surface area contributed by atoms with Gasteiger partial charge in [0.15, 0.2) is 11.5 Å². The Morgan fingerprint density at radius 3 is 2.92 bits per heavy atom. The molecule has 1 saturated heterocycles. The second kappa shape index (κ2) is 7.79. The van der Waals surface area contributed by atoms with Crippen molar-refractivity contribution in [1.29, 1.82) is 5.26 Å². The molecule has 0 saturated carbocycles. The summed E-state index contributed by atoms with van der Waals surface area (Å²) in [7, 11) is 0. The van der Waals surface area contributed by atoms with Crippen LogP contribution < -0.4 is 15.4 Å². The van der Waals surface area contributed by atoms with Gasteiger partial charge < -0.3 is 14.8 Å². The number of hydrogen-bond donors (Lipinski definition) is 2. The van der Waals surface area contributed by atoms with Crippen LogP contribution in [-0.4, -0.2) is 35.3 Å². The van der Waals surface area contributed by atoms with E-state index >= 15 is 0 Å². The van der Waals surface area contributed by atoms with Crippen LogP contribution in [0.2, 0.25) is 5.02 Å². The minimum Gasteiger partial charge on any atom is -0.486 e. The first kappa shape index (κ1) is 17.0. The molecule has 0 radical (unpaired) electrons. The maximum atomic E-state index is 12.2. The lowest BCUT2D eigenvalue weighted by Gasteiger charge is -2.16. The van der Waals surface area contributed by atoms with E-state index in [1.165, 1.54) is 12.4 Å². The highest BCUT2D eigenvalue weighted by Gasteiger charge is 2.19. The average molecular weight is 360 g/mol. The van der Waals surface area contributed by atoms with Crippen molar-refractivity contribution < 1.29 is 14.3 Å². The van der Waals surface area contributed by atoms with Gasteiger partial charge in [-0.15, -0.1) is 0 Å². The number of hydrogen-bond acceptors (Lipinski definition) is 6. The normalized spacial score (nSPS) is 16.1. The van der Waals surface area contributed by atoms with Gasteiger partial charge in [-0.3, -0.25) is 5.32 Å². The molecular weight excluding hydrogens is 346 g/mol. The molecule has 1 aliphatic heterocycles. The van der Waals surface area contributed by atoms with Crippen molar-refractivity contribution in [1.82, 2.24) is 9.97 Å². The third kappa shape index (κ3) is 4.56. The maximum absolute atomic E-state index is 12.2. The number of rotatable bonds is 4. The summed E-state index contributed by atoms with van der Waals surface area (Å²) in [4.78, 5) is 19.9. The minimum absolute atomic E-state index is 0.0609. The first-order valence-electron chi connectivity index (χ1n) is 7.48. The molecule has 2 aromatic rings. The van der Waals surface area contributed by atoms with Crippen LogP contribution in [0.5, 0.6) is 5.75 Å². The topological polar surface area (TPSA) is 109 Å². The van der Waals surface area contributed by atoms with Crippen molar-refractivity contribution in [3.05, 3.63) is 41.3 Å². The van der Waals surface area contributed by atoms with E-state index in [0.717, 1.165) is 6.42 Å². The monoisotopic (exact) mass is 359 g/mol. The zero-order chi connectivity index (χ0) is 17.6. The Morgan fingerprint density at radius 1 is 1.36 bits per heavy atom. The fourth-order valence-electron chi connectivity index (χ4n) is 2.21. The Balaban J connectivity index is 1.68. The number of anilines is 2. The van der Waals surface area contributed by atoms with Crippen LogP contribution in [0.4, 0.5) is 16.3 Å². The van der Waals surface area contributed by atoms with Crippen LogP contribution >= 0.6 is 11.6 Å². The molecule has 0 aliphatic carbocycles. The molecule has 2 N–H and O–H groups in total. The standard InChI is InChI=1S/C16H14ClN5O3/c17-10-1-2-14(25-12-3-4-24-9-12)13(5-10)21-16(23)22-15-8-19-11(6-18)7-20-15/h1-2,5,7-8,12H,3-4,9H2,(H2,20,21,22,23). The van der Waals surface area contributed by atoms with Crippen LogP contribution in [0.15, 0.2) is 30.6 Å². The summed E-state index contributed by atoms with van der Waals surface area (Å²) in [5, 5.41) is 14.3. The molecule has 1 fully saturated rings. The lowest BCUT2D eigenvalue weighted by Crippen LogP contribution is -2.22. The summed E-state index contributed by atoms with van der Waals surface area (Å²) in [6, 6.07) is 6.29. The van der Waals surface area contributed by atoms with Gasteiger partial charge in [-0.1, -0.05) is 11.6 Å². The number of carbonyl (C=O) groups is 1. The maximum Gasteiger partial charge on any atom is 0.325 e. The van der Waals surface area contributed by atoms with E-state index in [9.17, 15) is 4.79 Å². The van der Waals surface area contributed by atoms with Crippen molar-refractivity contribution in [2.75, 3.05) is 23.8 Å². The SMILES string of the molecule is N#Cc1cnc(NC(=O)Nc2cc(Cl)ccc2OC2CCOC2)cn1. The number of nitrogens with zero attached hydrogens (tertiary/aromatic N) is 3. The Morgan fingerprint density at radius 2 is 2.24 bits per heavy atom. The Labute approximate surface area is 148 Å². The lowest BCUT2D eigenvalue weighted by molar-refractivity contribution is 0.142. The van der Waals surface area contributed by atoms with Gasteiger partial charge in [0, 0.05) is 11.4 Å². The Hall–Kier alpha value is -2.89. The largest absolute Gasteiger partial charge is 0.486 e. The molecule has 1 aromatic carbocycles. The molecule has 8 nitrogen and oxygen atoms in total. The predicted molar refractivity (Wildman–Crippen MR) is 90.7 cm³/mol. The summed E-state index contributed by atoms with van der Waals surface area (Å²) in [5.74, 6) is 0.714. The van der Waals surface area contributed by atoms with Gasteiger partial charge >= 0.3 is 6.03 Å². The number of aromatic nitrogens is 2. The molecule has 1 aliphatic rings. The van der Waals surface area contributed by atoms with Gasteiger partial charge in [0.25, 0.3) is 0 Å². The van der Waals surface area contributed by atoms with Gasteiger partial charge in [-0.25, -0.2) is 14.8 Å². The van der Waals surface area contributed by atoms with Crippen molar-refractivity contribution in [2.24, 2.45) is 0 Å². The highest BCUT2D eigenvalue weighted by atomic mass is 35.5. The molecule has 0 spiro atoms. The number of nitriles is 1. The Kier molecular flexibility index (Phi) is 5.28. The van der Waals surface area contributed by atoms with Crippen molar-refractivity contribution >= 4 is 29.1 Å². The van der Waals surface area contributed by atoms with Crippen LogP contribution in [-0.2, 0) is 4.74 Å². The molecule has 25 heavy (non-hydrogen) atoms. The molecule has 9 heteroatoms. The highest BCUT2D eigenvalue weighted by Crippen LogP contribution is 2.30. The number of nitrogens with one attached hydrogen (secondary N) is 2. The van der Waals surface area contributed by atoms with E-state index in [0.29, 0.717) is 29.7 Å². The van der Waals surface area contributed by atoms with E-state index in [-0.39, 0.29) is 17.6 Å². The molecule has 2 amide bonds. The zero-order valence-electron chi connectivity index (χ0n) is 13.0. The van der Waals surface area contributed by atoms with Crippen LogP contribution in [0.25, 0.3) is 0 Å². The molecule has 1 unspecified atom stereocenters. The fourth-order valence-corrected chi connectivity index (χ4v) is 2.38. The third-order valence-corrected chi connectivity index (χ3v) is 3.61. The fraction of sp³-hybridized carbons (Fsp3) is 0.250. The minimum atomic E-state index is -0.534. The summed E-state index contributed by atoms with van der Waals surface area (Å²) in [5.41, 5.74) is 0.591. The van der Waals surface area contributed by atoms with Gasteiger partial charge in [-0.05, 0) is 18.2 Å². The van der Waals surface area contributed by atoms with Crippen LogP contribution in [0, 0.1) is 11.3 Å². The van der Waals surface area contributed by atoms with E-state index in [2.05, 4.69) is 20.6 Å². The molecule has 1 atom stereocenters. The lowest BCUT2D eigenvalue weighted by atomic mass is 10.2. The van der Waals surface area contributed by atoms with Gasteiger partial charge in [0.1, 0.15) is 17.9 Å². The van der Waals surface area contributed by atoms with Crippen LogP contribution in [0.3, 0.4) is 0 Å². The number of halogens is 1. The molecular formula is C16H14ClN5O3. The number of ether oxygens (including phenoxy) is 2. The number of urea groups is 1. The molecule has 0 bridgehead atoms.